The highest BCUT2D eigenvalue weighted by Gasteiger charge is 1.99. The summed E-state index contributed by atoms with van der Waals surface area (Å²) >= 11 is 3.45. The first-order valence-electron chi connectivity index (χ1n) is 6.05. The first-order chi connectivity index (χ1) is 9.74. The molecule has 0 aliphatic heterocycles. The summed E-state index contributed by atoms with van der Waals surface area (Å²) in [7, 11) is 1.59. The number of nitrogens with one attached hydrogen (secondary N) is 1. The van der Waals surface area contributed by atoms with Crippen molar-refractivity contribution in [1.82, 2.24) is 9.97 Å². The molecule has 2 aromatic heterocycles. The van der Waals surface area contributed by atoms with E-state index in [0.717, 1.165) is 26.6 Å². The smallest absolute Gasteiger partial charge is 0.212 e. The summed E-state index contributed by atoms with van der Waals surface area (Å²) in [5, 5.41) is 1.14. The minimum atomic E-state index is 0.589. The summed E-state index contributed by atoms with van der Waals surface area (Å²) in [4.78, 5) is 7.40. The van der Waals surface area contributed by atoms with Gasteiger partial charge in [-0.05, 0) is 30.2 Å². The van der Waals surface area contributed by atoms with Gasteiger partial charge in [0.25, 0.3) is 0 Å². The Bertz CT molecular complexity index is 810. The highest BCUT2D eigenvalue weighted by Crippen LogP contribution is 2.20. The molecule has 0 atom stereocenters. The van der Waals surface area contributed by atoms with Gasteiger partial charge in [0.2, 0.25) is 5.88 Å². The van der Waals surface area contributed by atoms with E-state index in [4.69, 9.17) is 4.74 Å². The zero-order valence-electron chi connectivity index (χ0n) is 10.8. The number of methoxy groups -OCH3 is 1. The molecule has 0 aliphatic carbocycles. The lowest BCUT2D eigenvalue weighted by Crippen LogP contribution is -1.86. The molecule has 0 bridgehead atoms. The molecular weight excluding hydrogens is 316 g/mol. The number of H-pyrrole nitrogens is 1. The van der Waals surface area contributed by atoms with Crippen LogP contribution in [0.15, 0.2) is 47.1 Å². The summed E-state index contributed by atoms with van der Waals surface area (Å²) in [6.45, 7) is 0. The van der Waals surface area contributed by atoms with Gasteiger partial charge in [0, 0.05) is 33.2 Å². The largest absolute Gasteiger partial charge is 0.481 e. The predicted molar refractivity (Wildman–Crippen MR) is 82.8 cm³/mol. The normalized spacial score (nSPS) is 10.1. The van der Waals surface area contributed by atoms with Gasteiger partial charge in [-0.15, -0.1) is 0 Å². The summed E-state index contributed by atoms with van der Waals surface area (Å²) in [6, 6.07) is 11.8. The molecular formula is C16H11BrN2O. The lowest BCUT2D eigenvalue weighted by molar-refractivity contribution is 0.398. The number of halogens is 1. The second kappa shape index (κ2) is 5.40. The number of benzene rings is 1. The highest BCUT2D eigenvalue weighted by molar-refractivity contribution is 9.10. The van der Waals surface area contributed by atoms with Crippen molar-refractivity contribution in [3.63, 3.8) is 0 Å². The summed E-state index contributed by atoms with van der Waals surface area (Å²) in [6.07, 6.45) is 1.70. The van der Waals surface area contributed by atoms with Gasteiger partial charge in [-0.1, -0.05) is 27.9 Å². The number of hydrogen-bond acceptors (Lipinski definition) is 2. The van der Waals surface area contributed by atoms with Crippen molar-refractivity contribution in [3.05, 3.63) is 58.3 Å². The average Bonchev–Trinajstić information content (AvgIpc) is 2.87. The van der Waals surface area contributed by atoms with Crippen molar-refractivity contribution in [3.8, 4) is 17.7 Å². The van der Waals surface area contributed by atoms with E-state index >= 15 is 0 Å². The second-order valence-electron chi connectivity index (χ2n) is 4.25. The van der Waals surface area contributed by atoms with Gasteiger partial charge >= 0.3 is 0 Å². The Morgan fingerprint density at radius 1 is 1.15 bits per heavy atom. The van der Waals surface area contributed by atoms with Crippen molar-refractivity contribution in [1.29, 1.82) is 0 Å². The van der Waals surface area contributed by atoms with Crippen LogP contribution in [0.4, 0.5) is 0 Å². The zero-order valence-corrected chi connectivity index (χ0v) is 12.4. The Kier molecular flexibility index (Phi) is 3.44. The van der Waals surface area contributed by atoms with E-state index in [1.807, 2.05) is 24.3 Å². The van der Waals surface area contributed by atoms with Gasteiger partial charge in [0.1, 0.15) is 0 Å². The highest BCUT2D eigenvalue weighted by atomic mass is 79.9. The van der Waals surface area contributed by atoms with Crippen molar-refractivity contribution < 1.29 is 4.74 Å². The topological polar surface area (TPSA) is 37.9 Å². The fourth-order valence-electron chi connectivity index (χ4n) is 1.88. The Labute approximate surface area is 125 Å². The van der Waals surface area contributed by atoms with E-state index in [1.165, 1.54) is 0 Å². The maximum atomic E-state index is 5.01. The minimum Gasteiger partial charge on any atom is -0.481 e. The van der Waals surface area contributed by atoms with Crippen LogP contribution in [0, 0.1) is 11.8 Å². The summed E-state index contributed by atoms with van der Waals surface area (Å²) in [5.74, 6) is 6.77. The number of hydrogen-bond donors (Lipinski definition) is 1. The fourth-order valence-corrected chi connectivity index (χ4v) is 2.24. The number of pyridine rings is 1. The van der Waals surface area contributed by atoms with Gasteiger partial charge < -0.3 is 9.72 Å². The number of ether oxygens (including phenoxy) is 1. The van der Waals surface area contributed by atoms with E-state index in [9.17, 15) is 0 Å². The molecule has 2 heterocycles. The quantitative estimate of drug-likeness (QED) is 0.692. The Balaban J connectivity index is 1.90. The standard InChI is InChI=1S/C16H11BrN2O/c1-20-16-7-3-11(10-18-16)2-6-14-8-12-4-5-13(17)9-15(12)19-14/h3-5,7-10,19H,1H3. The molecule has 0 spiro atoms. The maximum absolute atomic E-state index is 5.01. The molecule has 0 saturated heterocycles. The molecule has 1 aromatic carbocycles. The van der Waals surface area contributed by atoms with Gasteiger partial charge in [0.15, 0.2) is 0 Å². The van der Waals surface area contributed by atoms with Crippen LogP contribution in [0.1, 0.15) is 11.3 Å². The second-order valence-corrected chi connectivity index (χ2v) is 5.17. The lowest BCUT2D eigenvalue weighted by Gasteiger charge is -1.95. The van der Waals surface area contributed by atoms with Crippen LogP contribution < -0.4 is 4.74 Å². The first-order valence-corrected chi connectivity index (χ1v) is 6.84. The molecule has 98 valence electrons. The SMILES string of the molecule is COc1ccc(C#Cc2cc3ccc(Br)cc3[nH]2)cn1. The van der Waals surface area contributed by atoms with Crippen molar-refractivity contribution in [2.24, 2.45) is 0 Å². The number of nitrogens with zero attached hydrogens (tertiary/aromatic N) is 1. The van der Waals surface area contributed by atoms with E-state index < -0.39 is 0 Å². The molecule has 1 N–H and O–H groups in total. The first kappa shape index (κ1) is 12.8. The van der Waals surface area contributed by atoms with E-state index in [-0.39, 0.29) is 0 Å². The van der Waals surface area contributed by atoms with Crippen molar-refractivity contribution >= 4 is 26.8 Å². The molecule has 3 aromatic rings. The molecule has 0 unspecified atom stereocenters. The van der Waals surface area contributed by atoms with Crippen LogP contribution in [0.2, 0.25) is 0 Å². The molecule has 3 nitrogen and oxygen atoms in total. The lowest BCUT2D eigenvalue weighted by atomic mass is 10.2. The number of rotatable bonds is 1. The number of fused-ring (bicyclic) bond motifs is 1. The van der Waals surface area contributed by atoms with Crippen molar-refractivity contribution in [2.75, 3.05) is 7.11 Å². The van der Waals surface area contributed by atoms with E-state index in [2.05, 4.69) is 43.8 Å². The third kappa shape index (κ3) is 2.68. The van der Waals surface area contributed by atoms with E-state index in [0.29, 0.717) is 5.88 Å². The number of aromatic nitrogens is 2. The Morgan fingerprint density at radius 3 is 2.80 bits per heavy atom. The van der Waals surface area contributed by atoms with Crippen LogP contribution >= 0.6 is 15.9 Å². The van der Waals surface area contributed by atoms with Crippen LogP contribution in [-0.2, 0) is 0 Å². The Hall–Kier alpha value is -2.25. The molecule has 0 saturated carbocycles. The van der Waals surface area contributed by atoms with Gasteiger partial charge in [-0.25, -0.2) is 4.98 Å². The average molecular weight is 327 g/mol. The van der Waals surface area contributed by atoms with Gasteiger partial charge in [0.05, 0.1) is 12.8 Å². The zero-order chi connectivity index (χ0) is 13.9. The Morgan fingerprint density at radius 2 is 2.05 bits per heavy atom. The monoisotopic (exact) mass is 326 g/mol. The predicted octanol–water partition coefficient (Wildman–Crippen LogP) is 3.73. The maximum Gasteiger partial charge on any atom is 0.212 e. The summed E-state index contributed by atoms with van der Waals surface area (Å²) in [5.41, 5.74) is 2.80. The van der Waals surface area contributed by atoms with Crippen LogP contribution in [0.25, 0.3) is 10.9 Å². The third-order valence-corrected chi connectivity index (χ3v) is 3.36. The van der Waals surface area contributed by atoms with Gasteiger partial charge in [-0.2, -0.15) is 0 Å². The molecule has 0 amide bonds. The number of aromatic amines is 1. The van der Waals surface area contributed by atoms with Gasteiger partial charge in [-0.3, -0.25) is 0 Å². The summed E-state index contributed by atoms with van der Waals surface area (Å²) < 4.78 is 6.06. The molecule has 0 aliphatic rings. The molecule has 0 fully saturated rings. The molecule has 3 rings (SSSR count). The van der Waals surface area contributed by atoms with E-state index in [1.54, 1.807) is 19.4 Å². The fraction of sp³-hybridized carbons (Fsp3) is 0.0625. The molecule has 4 heteroatoms. The van der Waals surface area contributed by atoms with Crippen LogP contribution in [0.5, 0.6) is 5.88 Å². The van der Waals surface area contributed by atoms with Crippen LogP contribution in [0.3, 0.4) is 0 Å². The minimum absolute atomic E-state index is 0.589. The molecule has 20 heavy (non-hydrogen) atoms. The van der Waals surface area contributed by atoms with Crippen molar-refractivity contribution in [2.45, 2.75) is 0 Å². The van der Waals surface area contributed by atoms with Crippen LogP contribution in [-0.4, -0.2) is 17.1 Å². The third-order valence-electron chi connectivity index (χ3n) is 2.87. The molecule has 0 radical (unpaired) electrons.